The molecular formula is C22H29ClN5O7P. The van der Waals surface area contributed by atoms with Gasteiger partial charge in [-0.1, -0.05) is 24.3 Å². The maximum absolute atomic E-state index is 11.3. The van der Waals surface area contributed by atoms with E-state index in [2.05, 4.69) is 32.5 Å². The van der Waals surface area contributed by atoms with Crippen molar-refractivity contribution in [1.29, 1.82) is 0 Å². The molecule has 12 nitrogen and oxygen atoms in total. The van der Waals surface area contributed by atoms with Gasteiger partial charge in [0.2, 0.25) is 5.28 Å². The standard InChI is InChI=1S/C21H25ClN5O6P.CH4O/c22-21-25-19(24-16-7-5-12-3-1-2-4-14(12)16)15-9-23-27(20(15)26-21)17-8-6-13(33-17)11-32-18(10-28)34(29,30)31;1-2/h1-4,9,13,16-18,28H,5-8,10-11H2,(H,24,25,26)(H2,29,30,31);2H,1H3. The highest BCUT2D eigenvalue weighted by Gasteiger charge is 2.34. The Bertz CT molecular complexity index is 1240. The van der Waals surface area contributed by atoms with Gasteiger partial charge in [0, 0.05) is 7.11 Å². The van der Waals surface area contributed by atoms with E-state index in [1.54, 1.807) is 10.9 Å². The van der Waals surface area contributed by atoms with Gasteiger partial charge in [0.25, 0.3) is 0 Å². The fraction of sp³-hybridized carbons (Fsp3) is 0.500. The molecule has 2 aromatic heterocycles. The number of nitrogens with one attached hydrogen (secondary N) is 1. The van der Waals surface area contributed by atoms with Gasteiger partial charge in [-0.05, 0) is 48.4 Å². The van der Waals surface area contributed by atoms with E-state index in [-0.39, 0.29) is 17.9 Å². The molecule has 0 bridgehead atoms. The summed E-state index contributed by atoms with van der Waals surface area (Å²) in [4.78, 5) is 27.2. The number of rotatable bonds is 8. The summed E-state index contributed by atoms with van der Waals surface area (Å²) in [5, 5.41) is 24.9. The highest BCUT2D eigenvalue weighted by Crippen LogP contribution is 2.42. The van der Waals surface area contributed by atoms with Crippen LogP contribution in [0.25, 0.3) is 11.0 Å². The highest BCUT2D eigenvalue weighted by molar-refractivity contribution is 7.52. The first-order valence-electron chi connectivity index (χ1n) is 11.5. The molecule has 1 aliphatic carbocycles. The van der Waals surface area contributed by atoms with Crippen LogP contribution in [-0.4, -0.2) is 72.0 Å². The van der Waals surface area contributed by atoms with E-state index in [1.807, 2.05) is 12.1 Å². The normalized spacial score (nSPS) is 22.2. The number of aliphatic hydroxyl groups is 2. The van der Waals surface area contributed by atoms with Crippen LogP contribution in [0.4, 0.5) is 5.82 Å². The molecule has 0 radical (unpaired) electrons. The van der Waals surface area contributed by atoms with Gasteiger partial charge in [0.15, 0.2) is 17.7 Å². The van der Waals surface area contributed by atoms with Crippen molar-refractivity contribution in [3.63, 3.8) is 0 Å². The van der Waals surface area contributed by atoms with E-state index in [0.717, 1.165) is 25.3 Å². The van der Waals surface area contributed by atoms with E-state index < -0.39 is 32.4 Å². The zero-order valence-corrected chi connectivity index (χ0v) is 21.2. The van der Waals surface area contributed by atoms with Crippen LogP contribution in [0.2, 0.25) is 5.28 Å². The molecule has 0 saturated carbocycles. The molecule has 196 valence electrons. The topological polar surface area (TPSA) is 172 Å². The zero-order chi connectivity index (χ0) is 25.9. The second kappa shape index (κ2) is 11.5. The van der Waals surface area contributed by atoms with Gasteiger partial charge in [-0.15, -0.1) is 0 Å². The maximum atomic E-state index is 11.3. The Labute approximate surface area is 212 Å². The Morgan fingerprint density at radius 3 is 2.78 bits per heavy atom. The first kappa shape index (κ1) is 26.9. The van der Waals surface area contributed by atoms with Crippen LogP contribution >= 0.6 is 19.2 Å². The number of aryl methyl sites for hydroxylation is 1. The average molecular weight is 542 g/mol. The molecular weight excluding hydrogens is 513 g/mol. The molecule has 1 saturated heterocycles. The number of fused-ring (bicyclic) bond motifs is 2. The van der Waals surface area contributed by atoms with Crippen LogP contribution in [0, 0.1) is 0 Å². The number of aliphatic hydroxyl groups excluding tert-OH is 2. The fourth-order valence-electron chi connectivity index (χ4n) is 4.56. The lowest BCUT2D eigenvalue weighted by Crippen LogP contribution is -2.24. The largest absolute Gasteiger partial charge is 0.400 e. The molecule has 1 aromatic carbocycles. The first-order chi connectivity index (χ1) is 17.3. The number of nitrogens with zero attached hydrogens (tertiary/aromatic N) is 4. The number of aromatic nitrogens is 4. The molecule has 4 unspecified atom stereocenters. The van der Waals surface area contributed by atoms with Gasteiger partial charge in [0.1, 0.15) is 5.82 Å². The van der Waals surface area contributed by atoms with Crippen molar-refractivity contribution in [1.82, 2.24) is 19.7 Å². The predicted octanol–water partition coefficient (Wildman–Crippen LogP) is 2.38. The van der Waals surface area contributed by atoms with Crippen LogP contribution in [-0.2, 0) is 20.5 Å². The molecule has 1 fully saturated rings. The Hall–Kier alpha value is -2.15. The molecule has 3 heterocycles. The van der Waals surface area contributed by atoms with Crippen molar-refractivity contribution < 1.29 is 34.0 Å². The van der Waals surface area contributed by atoms with Gasteiger partial charge in [-0.2, -0.15) is 15.1 Å². The Morgan fingerprint density at radius 1 is 1.25 bits per heavy atom. The van der Waals surface area contributed by atoms with Crippen molar-refractivity contribution in [2.75, 3.05) is 25.6 Å². The third-order valence-electron chi connectivity index (χ3n) is 6.23. The molecule has 3 aromatic rings. The van der Waals surface area contributed by atoms with Crippen molar-refractivity contribution >= 4 is 36.0 Å². The predicted molar refractivity (Wildman–Crippen MR) is 132 cm³/mol. The molecule has 2 aliphatic rings. The highest BCUT2D eigenvalue weighted by atomic mass is 35.5. The molecule has 36 heavy (non-hydrogen) atoms. The Morgan fingerprint density at radius 2 is 2.03 bits per heavy atom. The van der Waals surface area contributed by atoms with Crippen LogP contribution < -0.4 is 5.32 Å². The zero-order valence-electron chi connectivity index (χ0n) is 19.6. The van der Waals surface area contributed by atoms with Gasteiger partial charge in [-0.3, -0.25) is 4.57 Å². The molecule has 4 atom stereocenters. The second-order valence-electron chi connectivity index (χ2n) is 8.45. The van der Waals surface area contributed by atoms with Gasteiger partial charge >= 0.3 is 7.60 Å². The SMILES string of the molecule is CO.O=P(O)(O)C(CO)OCC1CCC(n2ncc3c(NC4CCc5ccccc54)nc(Cl)nc32)O1. The lowest BCUT2D eigenvalue weighted by Gasteiger charge is -2.20. The van der Waals surface area contributed by atoms with Gasteiger partial charge < -0.3 is 34.8 Å². The molecule has 14 heteroatoms. The maximum Gasteiger partial charge on any atom is 0.356 e. The first-order valence-corrected chi connectivity index (χ1v) is 13.5. The smallest absolute Gasteiger partial charge is 0.356 e. The lowest BCUT2D eigenvalue weighted by molar-refractivity contribution is -0.0592. The summed E-state index contributed by atoms with van der Waals surface area (Å²) in [5.41, 5.74) is 3.10. The van der Waals surface area contributed by atoms with Crippen molar-refractivity contribution in [2.24, 2.45) is 0 Å². The van der Waals surface area contributed by atoms with Crippen LogP contribution in [0.5, 0.6) is 0 Å². The number of hydrogen-bond acceptors (Lipinski definition) is 9. The van der Waals surface area contributed by atoms with E-state index in [1.165, 1.54) is 11.1 Å². The average Bonchev–Trinajstić information content (AvgIpc) is 3.59. The Balaban J connectivity index is 0.00000148. The van der Waals surface area contributed by atoms with E-state index in [0.29, 0.717) is 24.3 Å². The van der Waals surface area contributed by atoms with Crippen LogP contribution in [0.15, 0.2) is 30.5 Å². The second-order valence-corrected chi connectivity index (χ2v) is 10.5. The summed E-state index contributed by atoms with van der Waals surface area (Å²) >= 11 is 6.26. The van der Waals surface area contributed by atoms with E-state index in [4.69, 9.17) is 31.3 Å². The number of benzene rings is 1. The third kappa shape index (κ3) is 5.71. The van der Waals surface area contributed by atoms with Crippen molar-refractivity contribution in [3.8, 4) is 0 Å². The summed E-state index contributed by atoms with van der Waals surface area (Å²) < 4.78 is 24.2. The molecule has 0 spiro atoms. The number of halogens is 1. The summed E-state index contributed by atoms with van der Waals surface area (Å²) in [5.74, 6) is -0.963. The van der Waals surface area contributed by atoms with E-state index in [9.17, 15) is 14.4 Å². The van der Waals surface area contributed by atoms with Crippen LogP contribution in [0.1, 0.15) is 42.7 Å². The van der Waals surface area contributed by atoms with Crippen LogP contribution in [0.3, 0.4) is 0 Å². The quantitative estimate of drug-likeness (QED) is 0.209. The minimum Gasteiger partial charge on any atom is -0.400 e. The third-order valence-corrected chi connectivity index (χ3v) is 7.47. The monoisotopic (exact) mass is 541 g/mol. The fourth-order valence-corrected chi connectivity index (χ4v) is 5.21. The number of ether oxygens (including phenoxy) is 2. The Kier molecular flexibility index (Phi) is 8.59. The molecule has 5 N–H and O–H groups in total. The van der Waals surface area contributed by atoms with Crippen molar-refractivity contribution in [3.05, 3.63) is 46.9 Å². The molecule has 5 rings (SSSR count). The summed E-state index contributed by atoms with van der Waals surface area (Å²) in [6, 6.07) is 8.44. The minimum absolute atomic E-state index is 0.0598. The molecule has 0 amide bonds. The summed E-state index contributed by atoms with van der Waals surface area (Å²) in [7, 11) is -3.56. The van der Waals surface area contributed by atoms with Gasteiger partial charge in [0.05, 0.1) is 36.9 Å². The minimum atomic E-state index is -4.56. The van der Waals surface area contributed by atoms with Crippen molar-refractivity contribution in [2.45, 2.75) is 49.9 Å². The van der Waals surface area contributed by atoms with E-state index >= 15 is 0 Å². The lowest BCUT2D eigenvalue weighted by atomic mass is 10.1. The summed E-state index contributed by atoms with van der Waals surface area (Å²) in [6.07, 6.45) is 3.96. The summed E-state index contributed by atoms with van der Waals surface area (Å²) in [6.45, 7) is -0.837. The molecule has 1 aliphatic heterocycles. The number of hydrogen-bond donors (Lipinski definition) is 5. The van der Waals surface area contributed by atoms with Gasteiger partial charge in [-0.25, -0.2) is 4.68 Å². The number of anilines is 1.